The molecule has 4 aromatic carbocycles. The number of hydrogen-bond donors (Lipinski definition) is 0. The van der Waals surface area contributed by atoms with Crippen molar-refractivity contribution < 1.29 is 9.59 Å². The molecule has 0 unspecified atom stereocenters. The van der Waals surface area contributed by atoms with Crippen molar-refractivity contribution in [2.75, 3.05) is 0 Å². The van der Waals surface area contributed by atoms with Gasteiger partial charge in [0.15, 0.2) is 11.6 Å². The molecular formula is C26H16O2S2. The highest BCUT2D eigenvalue weighted by molar-refractivity contribution is 8.05. The molecule has 0 aromatic heterocycles. The third-order valence-electron chi connectivity index (χ3n) is 4.92. The summed E-state index contributed by atoms with van der Waals surface area (Å²) >= 11 is 3.28. The van der Waals surface area contributed by atoms with E-state index in [9.17, 15) is 9.59 Å². The van der Waals surface area contributed by atoms with Crippen molar-refractivity contribution in [1.82, 2.24) is 0 Å². The Balaban J connectivity index is 1.45. The minimum absolute atomic E-state index is 0.0165. The average molecular weight is 425 g/mol. The quantitative estimate of drug-likeness (QED) is 0.298. The molecule has 0 N–H and O–H groups in total. The molecule has 0 fully saturated rings. The lowest BCUT2D eigenvalue weighted by atomic mass is 10.0. The third kappa shape index (κ3) is 3.60. The third-order valence-corrected chi connectivity index (χ3v) is 7.45. The van der Waals surface area contributed by atoms with Crippen LogP contribution < -0.4 is 0 Å². The summed E-state index contributed by atoms with van der Waals surface area (Å²) in [6.07, 6.45) is 0. The second kappa shape index (κ2) is 7.98. The zero-order valence-corrected chi connectivity index (χ0v) is 17.5. The number of carbonyl (C=O) groups is 2. The summed E-state index contributed by atoms with van der Waals surface area (Å²) in [5, 5.41) is 0. The normalized spacial score (nSPS) is 12.0. The van der Waals surface area contributed by atoms with Gasteiger partial charge in [-0.1, -0.05) is 84.2 Å². The highest BCUT2D eigenvalue weighted by atomic mass is 32.2. The predicted molar refractivity (Wildman–Crippen MR) is 121 cm³/mol. The molecule has 30 heavy (non-hydrogen) atoms. The molecule has 1 aliphatic rings. The minimum atomic E-state index is 0.0165. The summed E-state index contributed by atoms with van der Waals surface area (Å²) in [5.74, 6) is 0.0330. The van der Waals surface area contributed by atoms with E-state index in [1.54, 1.807) is 23.5 Å². The van der Waals surface area contributed by atoms with Gasteiger partial charge >= 0.3 is 0 Å². The van der Waals surface area contributed by atoms with Gasteiger partial charge in [0.25, 0.3) is 0 Å². The lowest BCUT2D eigenvalue weighted by Gasteiger charge is -2.19. The average Bonchev–Trinajstić information content (AvgIpc) is 2.82. The van der Waals surface area contributed by atoms with Crippen LogP contribution in [0.15, 0.2) is 117 Å². The van der Waals surface area contributed by atoms with E-state index in [0.717, 1.165) is 19.6 Å². The Morgan fingerprint density at radius 1 is 0.433 bits per heavy atom. The molecule has 1 aliphatic heterocycles. The first-order valence-electron chi connectivity index (χ1n) is 9.52. The van der Waals surface area contributed by atoms with Gasteiger partial charge in [0.1, 0.15) is 0 Å². The maximum absolute atomic E-state index is 12.8. The molecule has 0 spiro atoms. The highest BCUT2D eigenvalue weighted by Crippen LogP contribution is 2.49. The van der Waals surface area contributed by atoms with Gasteiger partial charge in [-0.15, -0.1) is 0 Å². The standard InChI is InChI=1S/C26H16O2S2/c27-25(17-7-3-1-4-8-17)19-11-13-21-23(15-19)30-24-16-20(12-14-22(24)29-21)26(28)18-9-5-2-6-10-18/h1-16H. The van der Waals surface area contributed by atoms with Crippen molar-refractivity contribution in [3.05, 3.63) is 119 Å². The Hall–Kier alpha value is -3.08. The minimum Gasteiger partial charge on any atom is -0.289 e. The summed E-state index contributed by atoms with van der Waals surface area (Å²) in [6.45, 7) is 0. The van der Waals surface area contributed by atoms with Gasteiger partial charge in [0, 0.05) is 41.8 Å². The molecule has 0 atom stereocenters. The van der Waals surface area contributed by atoms with Crippen LogP contribution in [0.3, 0.4) is 0 Å². The fourth-order valence-electron chi connectivity index (χ4n) is 3.38. The monoisotopic (exact) mass is 424 g/mol. The summed E-state index contributed by atoms with van der Waals surface area (Å²) < 4.78 is 0. The number of hydrogen-bond acceptors (Lipinski definition) is 4. The fraction of sp³-hybridized carbons (Fsp3) is 0. The van der Waals surface area contributed by atoms with Crippen LogP contribution in [0.2, 0.25) is 0 Å². The largest absolute Gasteiger partial charge is 0.289 e. The zero-order valence-electron chi connectivity index (χ0n) is 15.9. The number of ketones is 2. The van der Waals surface area contributed by atoms with Crippen molar-refractivity contribution in [3.8, 4) is 0 Å². The van der Waals surface area contributed by atoms with Crippen LogP contribution in [-0.2, 0) is 0 Å². The lowest BCUT2D eigenvalue weighted by Crippen LogP contribution is -2.03. The van der Waals surface area contributed by atoms with Gasteiger partial charge in [-0.25, -0.2) is 0 Å². The molecular weight excluding hydrogens is 408 g/mol. The van der Waals surface area contributed by atoms with Gasteiger partial charge < -0.3 is 0 Å². The van der Waals surface area contributed by atoms with E-state index in [-0.39, 0.29) is 11.6 Å². The number of rotatable bonds is 4. The van der Waals surface area contributed by atoms with Crippen LogP contribution in [0.5, 0.6) is 0 Å². The lowest BCUT2D eigenvalue weighted by molar-refractivity contribution is 0.103. The first kappa shape index (κ1) is 18.9. The van der Waals surface area contributed by atoms with Crippen LogP contribution in [0.1, 0.15) is 31.8 Å². The molecule has 0 amide bonds. The Bertz CT molecular complexity index is 1170. The predicted octanol–water partition coefficient (Wildman–Crippen LogP) is 6.76. The fourth-order valence-corrected chi connectivity index (χ4v) is 5.65. The molecule has 2 nitrogen and oxygen atoms in total. The van der Waals surface area contributed by atoms with Gasteiger partial charge in [-0.05, 0) is 36.4 Å². The van der Waals surface area contributed by atoms with Gasteiger partial charge in [-0.3, -0.25) is 9.59 Å². The van der Waals surface area contributed by atoms with E-state index in [2.05, 4.69) is 0 Å². The number of fused-ring (bicyclic) bond motifs is 2. The smallest absolute Gasteiger partial charge is 0.193 e. The molecule has 0 saturated heterocycles. The van der Waals surface area contributed by atoms with Crippen molar-refractivity contribution in [3.63, 3.8) is 0 Å². The van der Waals surface area contributed by atoms with Crippen LogP contribution in [0, 0.1) is 0 Å². The molecule has 0 saturated carbocycles. The molecule has 5 rings (SSSR count). The first-order chi connectivity index (χ1) is 14.7. The Labute approximate surface area is 183 Å². The Kier molecular flexibility index (Phi) is 5.03. The Morgan fingerprint density at radius 2 is 0.833 bits per heavy atom. The SMILES string of the molecule is O=C(c1ccccc1)c1ccc2c(c1)Sc1cc(C(=O)c3ccccc3)ccc1S2. The first-order valence-corrected chi connectivity index (χ1v) is 11.2. The van der Waals surface area contributed by atoms with Crippen LogP contribution in [0.4, 0.5) is 0 Å². The Morgan fingerprint density at radius 3 is 1.27 bits per heavy atom. The van der Waals surface area contributed by atoms with Crippen molar-refractivity contribution in [2.24, 2.45) is 0 Å². The van der Waals surface area contributed by atoms with E-state index < -0.39 is 0 Å². The molecule has 4 aromatic rings. The van der Waals surface area contributed by atoms with Crippen LogP contribution in [0.25, 0.3) is 0 Å². The van der Waals surface area contributed by atoms with Crippen molar-refractivity contribution in [2.45, 2.75) is 19.6 Å². The number of benzene rings is 4. The van der Waals surface area contributed by atoms with E-state index in [4.69, 9.17) is 0 Å². The van der Waals surface area contributed by atoms with E-state index in [0.29, 0.717) is 22.3 Å². The second-order valence-corrected chi connectivity index (χ2v) is 9.09. The summed E-state index contributed by atoms with van der Waals surface area (Å²) in [5.41, 5.74) is 2.71. The van der Waals surface area contributed by atoms with E-state index in [1.807, 2.05) is 97.1 Å². The topological polar surface area (TPSA) is 34.1 Å². The highest BCUT2D eigenvalue weighted by Gasteiger charge is 2.21. The molecule has 0 bridgehead atoms. The van der Waals surface area contributed by atoms with Crippen molar-refractivity contribution >= 4 is 35.1 Å². The maximum Gasteiger partial charge on any atom is 0.193 e. The summed E-state index contributed by atoms with van der Waals surface area (Å²) in [6, 6.07) is 30.3. The van der Waals surface area contributed by atoms with Gasteiger partial charge in [0.05, 0.1) is 0 Å². The van der Waals surface area contributed by atoms with E-state index in [1.165, 1.54) is 0 Å². The molecule has 0 radical (unpaired) electrons. The maximum atomic E-state index is 12.8. The van der Waals surface area contributed by atoms with Crippen LogP contribution in [-0.4, -0.2) is 11.6 Å². The van der Waals surface area contributed by atoms with Crippen molar-refractivity contribution in [1.29, 1.82) is 0 Å². The zero-order chi connectivity index (χ0) is 20.5. The van der Waals surface area contributed by atoms with Crippen LogP contribution >= 0.6 is 23.5 Å². The molecule has 4 heteroatoms. The molecule has 144 valence electrons. The molecule has 0 aliphatic carbocycles. The van der Waals surface area contributed by atoms with Gasteiger partial charge in [-0.2, -0.15) is 0 Å². The summed E-state index contributed by atoms with van der Waals surface area (Å²) in [4.78, 5) is 30.0. The van der Waals surface area contributed by atoms with E-state index >= 15 is 0 Å². The van der Waals surface area contributed by atoms with Gasteiger partial charge in [0.2, 0.25) is 0 Å². The second-order valence-electron chi connectivity index (χ2n) is 6.92. The number of carbonyl (C=O) groups excluding carboxylic acids is 2. The molecule has 1 heterocycles. The summed E-state index contributed by atoms with van der Waals surface area (Å²) in [7, 11) is 0.